The number of benzene rings is 1. The second kappa shape index (κ2) is 7.65. The van der Waals surface area contributed by atoms with E-state index in [-0.39, 0.29) is 12.0 Å². The summed E-state index contributed by atoms with van der Waals surface area (Å²) in [4.78, 5) is 12.4. The molecular weight excluding hydrogens is 323 g/mol. The molecule has 0 bridgehead atoms. The summed E-state index contributed by atoms with van der Waals surface area (Å²) in [6, 6.07) is 6.34. The summed E-state index contributed by atoms with van der Waals surface area (Å²) >= 11 is 0. The molecule has 1 aliphatic rings. The molecule has 2 aromatic rings. The standard InChI is InChI=1S/C18H23FN4O2/c1-3-23-17(9-12(2)22-23)18(24)21-13-6-7-16(15(19)10-13)20-11-14-5-4-8-25-14/h6-7,9-10,14,20H,3-5,8,11H2,1-2H3,(H,21,24)/t14-/m1/s1. The van der Waals surface area contributed by atoms with Crippen LogP contribution in [0.4, 0.5) is 15.8 Å². The molecule has 1 aromatic carbocycles. The van der Waals surface area contributed by atoms with Gasteiger partial charge in [0.05, 0.1) is 17.5 Å². The molecule has 6 nitrogen and oxygen atoms in total. The summed E-state index contributed by atoms with van der Waals surface area (Å²) in [5.41, 5.74) is 2.04. The minimum Gasteiger partial charge on any atom is -0.380 e. The fourth-order valence-corrected chi connectivity index (χ4v) is 2.93. The molecule has 1 atom stereocenters. The first-order valence-electron chi connectivity index (χ1n) is 8.57. The minimum absolute atomic E-state index is 0.136. The van der Waals surface area contributed by atoms with E-state index in [0.717, 1.165) is 25.1 Å². The molecule has 0 unspecified atom stereocenters. The molecule has 1 fully saturated rings. The van der Waals surface area contributed by atoms with Gasteiger partial charge in [-0.05, 0) is 51.0 Å². The van der Waals surface area contributed by atoms with Gasteiger partial charge in [0, 0.05) is 25.4 Å². The van der Waals surface area contributed by atoms with E-state index in [4.69, 9.17) is 4.74 Å². The van der Waals surface area contributed by atoms with Crippen LogP contribution < -0.4 is 10.6 Å². The predicted molar refractivity (Wildman–Crippen MR) is 94.5 cm³/mol. The summed E-state index contributed by atoms with van der Waals surface area (Å²) in [6.07, 6.45) is 2.18. The number of hydrogen-bond donors (Lipinski definition) is 2. The molecule has 3 rings (SSSR count). The molecule has 1 aromatic heterocycles. The number of hydrogen-bond acceptors (Lipinski definition) is 4. The molecule has 134 valence electrons. The van der Waals surface area contributed by atoms with Crippen LogP contribution in [-0.4, -0.2) is 34.9 Å². The van der Waals surface area contributed by atoms with Crippen LogP contribution in [0.1, 0.15) is 35.9 Å². The van der Waals surface area contributed by atoms with E-state index in [2.05, 4.69) is 15.7 Å². The van der Waals surface area contributed by atoms with Crippen molar-refractivity contribution in [2.45, 2.75) is 39.3 Å². The first-order valence-corrected chi connectivity index (χ1v) is 8.57. The van der Waals surface area contributed by atoms with E-state index in [1.54, 1.807) is 22.9 Å². The molecule has 0 saturated carbocycles. The summed E-state index contributed by atoms with van der Waals surface area (Å²) in [6.45, 7) is 5.69. The van der Waals surface area contributed by atoms with Crippen LogP contribution in [0, 0.1) is 12.7 Å². The number of ether oxygens (including phenoxy) is 1. The van der Waals surface area contributed by atoms with Gasteiger partial charge in [-0.1, -0.05) is 0 Å². The number of aryl methyl sites for hydroxylation is 2. The Balaban J connectivity index is 1.64. The highest BCUT2D eigenvalue weighted by Gasteiger charge is 2.17. The van der Waals surface area contributed by atoms with Gasteiger partial charge in [0.2, 0.25) is 0 Å². The molecule has 2 N–H and O–H groups in total. The molecule has 25 heavy (non-hydrogen) atoms. The van der Waals surface area contributed by atoms with Gasteiger partial charge in [-0.15, -0.1) is 0 Å². The van der Waals surface area contributed by atoms with Crippen LogP contribution >= 0.6 is 0 Å². The van der Waals surface area contributed by atoms with Crippen molar-refractivity contribution >= 4 is 17.3 Å². The lowest BCUT2D eigenvalue weighted by molar-refractivity contribution is 0.101. The van der Waals surface area contributed by atoms with Gasteiger partial charge in [-0.25, -0.2) is 4.39 Å². The quantitative estimate of drug-likeness (QED) is 0.843. The van der Waals surface area contributed by atoms with Crippen molar-refractivity contribution in [3.63, 3.8) is 0 Å². The smallest absolute Gasteiger partial charge is 0.273 e. The lowest BCUT2D eigenvalue weighted by Crippen LogP contribution is -2.19. The SMILES string of the molecule is CCn1nc(C)cc1C(=O)Nc1ccc(NC[C@H]2CCCO2)c(F)c1. The second-order valence-electron chi connectivity index (χ2n) is 6.15. The average molecular weight is 346 g/mol. The molecule has 1 aliphatic heterocycles. The molecule has 1 amide bonds. The van der Waals surface area contributed by atoms with Crippen molar-refractivity contribution in [3.05, 3.63) is 41.5 Å². The Bertz CT molecular complexity index is 754. The lowest BCUT2D eigenvalue weighted by Gasteiger charge is -2.13. The van der Waals surface area contributed by atoms with Crippen LogP contribution in [0.25, 0.3) is 0 Å². The molecule has 0 spiro atoms. The number of amides is 1. The van der Waals surface area contributed by atoms with Crippen molar-refractivity contribution in [1.82, 2.24) is 9.78 Å². The summed E-state index contributed by atoms with van der Waals surface area (Å²) in [5.74, 6) is -0.710. The molecule has 0 aliphatic carbocycles. The third kappa shape index (κ3) is 4.17. The van der Waals surface area contributed by atoms with Gasteiger partial charge in [0.25, 0.3) is 5.91 Å². The van der Waals surface area contributed by atoms with Crippen molar-refractivity contribution in [1.29, 1.82) is 0 Å². The van der Waals surface area contributed by atoms with Crippen molar-refractivity contribution in [3.8, 4) is 0 Å². The topological polar surface area (TPSA) is 68.2 Å². The van der Waals surface area contributed by atoms with Crippen molar-refractivity contribution < 1.29 is 13.9 Å². The number of nitrogens with one attached hydrogen (secondary N) is 2. The number of carbonyl (C=O) groups excluding carboxylic acids is 1. The number of carbonyl (C=O) groups is 1. The number of rotatable bonds is 6. The fourth-order valence-electron chi connectivity index (χ4n) is 2.93. The normalized spacial score (nSPS) is 16.8. The monoisotopic (exact) mass is 346 g/mol. The number of halogens is 1. The Hall–Kier alpha value is -2.41. The Kier molecular flexibility index (Phi) is 5.33. The van der Waals surface area contributed by atoms with Crippen LogP contribution in [-0.2, 0) is 11.3 Å². The Morgan fingerprint density at radius 3 is 2.96 bits per heavy atom. The minimum atomic E-state index is -0.407. The van der Waals surface area contributed by atoms with E-state index in [1.807, 2.05) is 13.8 Å². The Labute approximate surface area is 146 Å². The zero-order valence-corrected chi connectivity index (χ0v) is 14.5. The van der Waals surface area contributed by atoms with E-state index in [0.29, 0.717) is 30.2 Å². The third-order valence-electron chi connectivity index (χ3n) is 4.21. The predicted octanol–water partition coefficient (Wildman–Crippen LogP) is 3.19. The van der Waals surface area contributed by atoms with E-state index < -0.39 is 5.82 Å². The third-order valence-corrected chi connectivity index (χ3v) is 4.21. The summed E-state index contributed by atoms with van der Waals surface area (Å²) < 4.78 is 21.4. The highest BCUT2D eigenvalue weighted by molar-refractivity contribution is 6.03. The van der Waals surface area contributed by atoms with Gasteiger partial charge in [0.15, 0.2) is 0 Å². The van der Waals surface area contributed by atoms with Gasteiger partial charge >= 0.3 is 0 Å². The molecule has 2 heterocycles. The maximum absolute atomic E-state index is 14.3. The van der Waals surface area contributed by atoms with Crippen molar-refractivity contribution in [2.24, 2.45) is 0 Å². The van der Waals surface area contributed by atoms with Crippen molar-refractivity contribution in [2.75, 3.05) is 23.8 Å². The van der Waals surface area contributed by atoms with E-state index in [1.165, 1.54) is 6.07 Å². The van der Waals surface area contributed by atoms with Gasteiger partial charge in [-0.3, -0.25) is 9.48 Å². The maximum atomic E-state index is 14.3. The average Bonchev–Trinajstić information content (AvgIpc) is 3.23. The fraction of sp³-hybridized carbons (Fsp3) is 0.444. The van der Waals surface area contributed by atoms with Gasteiger partial charge in [0.1, 0.15) is 11.5 Å². The number of nitrogens with zero attached hydrogens (tertiary/aromatic N) is 2. The van der Waals surface area contributed by atoms with Crippen LogP contribution in [0.2, 0.25) is 0 Å². The zero-order chi connectivity index (χ0) is 17.8. The second-order valence-corrected chi connectivity index (χ2v) is 6.15. The van der Waals surface area contributed by atoms with Crippen LogP contribution in [0.15, 0.2) is 24.3 Å². The first-order chi connectivity index (χ1) is 12.1. The summed E-state index contributed by atoms with van der Waals surface area (Å²) in [7, 11) is 0. The number of anilines is 2. The lowest BCUT2D eigenvalue weighted by atomic mass is 10.2. The number of aromatic nitrogens is 2. The zero-order valence-electron chi connectivity index (χ0n) is 14.5. The van der Waals surface area contributed by atoms with Crippen LogP contribution in [0.5, 0.6) is 0 Å². The molecule has 1 saturated heterocycles. The van der Waals surface area contributed by atoms with Gasteiger partial charge < -0.3 is 15.4 Å². The Morgan fingerprint density at radius 1 is 1.44 bits per heavy atom. The van der Waals surface area contributed by atoms with E-state index in [9.17, 15) is 9.18 Å². The highest BCUT2D eigenvalue weighted by Crippen LogP contribution is 2.21. The first kappa shape index (κ1) is 17.4. The highest BCUT2D eigenvalue weighted by atomic mass is 19.1. The maximum Gasteiger partial charge on any atom is 0.273 e. The molecule has 0 radical (unpaired) electrons. The summed E-state index contributed by atoms with van der Waals surface area (Å²) in [5, 5.41) is 10.0. The largest absolute Gasteiger partial charge is 0.380 e. The van der Waals surface area contributed by atoms with Crippen LogP contribution in [0.3, 0.4) is 0 Å². The Morgan fingerprint density at radius 2 is 2.28 bits per heavy atom. The molecule has 7 heteroatoms. The van der Waals surface area contributed by atoms with Gasteiger partial charge in [-0.2, -0.15) is 5.10 Å². The van der Waals surface area contributed by atoms with E-state index >= 15 is 0 Å². The molecular formula is C18H23FN4O2.